The Morgan fingerprint density at radius 2 is 2.08 bits per heavy atom. The normalized spacial score (nSPS) is 17.2. The Morgan fingerprint density at radius 1 is 1.46 bits per heavy atom. The fourth-order valence-electron chi connectivity index (χ4n) is 1.75. The van der Waals surface area contributed by atoms with Crippen molar-refractivity contribution < 1.29 is 4.79 Å². The lowest BCUT2D eigenvalue weighted by molar-refractivity contribution is -0.130. The molecule has 0 radical (unpaired) electrons. The van der Waals surface area contributed by atoms with Gasteiger partial charge in [0.05, 0.1) is 6.42 Å². The highest BCUT2D eigenvalue weighted by atomic mass is 16.1. The van der Waals surface area contributed by atoms with Crippen LogP contribution in [-0.4, -0.2) is 5.78 Å². The maximum absolute atomic E-state index is 11.8. The van der Waals surface area contributed by atoms with Gasteiger partial charge in [0.15, 0.2) is 5.78 Å². The van der Waals surface area contributed by atoms with E-state index in [0.717, 1.165) is 0 Å². The zero-order valence-corrected chi connectivity index (χ0v) is 8.81. The van der Waals surface area contributed by atoms with Crippen molar-refractivity contribution in [2.75, 3.05) is 0 Å². The van der Waals surface area contributed by atoms with Gasteiger partial charge in [0.25, 0.3) is 0 Å². The van der Waals surface area contributed by atoms with E-state index in [-0.39, 0.29) is 5.41 Å². The van der Waals surface area contributed by atoms with Crippen molar-refractivity contribution in [3.8, 4) is 11.8 Å². The third-order valence-electron chi connectivity index (χ3n) is 3.27. The van der Waals surface area contributed by atoms with Gasteiger partial charge in [-0.1, -0.05) is 26.2 Å². The quantitative estimate of drug-likeness (QED) is 0.607. The summed E-state index contributed by atoms with van der Waals surface area (Å²) in [5.74, 6) is 6.55. The Balaban J connectivity index is 2.54. The van der Waals surface area contributed by atoms with E-state index in [1.54, 1.807) is 6.92 Å². The summed E-state index contributed by atoms with van der Waals surface area (Å²) >= 11 is 0. The smallest absolute Gasteiger partial charge is 0.150 e. The summed E-state index contributed by atoms with van der Waals surface area (Å²) in [7, 11) is 0. The number of ketones is 1. The molecule has 0 aromatic carbocycles. The number of carbonyl (C=O) groups excluding carboxylic acids is 1. The molecule has 0 aromatic rings. The standard InChI is InChI=1S/C12H18O/c1-4-5-9-11(13)12(2,3)10-7-6-8-10/h10H,6-9H2,1-3H3. The Bertz CT molecular complexity index is 248. The zero-order valence-electron chi connectivity index (χ0n) is 8.81. The summed E-state index contributed by atoms with van der Waals surface area (Å²) in [5, 5.41) is 0. The van der Waals surface area contributed by atoms with Gasteiger partial charge in [0.2, 0.25) is 0 Å². The SMILES string of the molecule is CC#CCC(=O)C(C)(C)C1CCC1. The first-order valence-corrected chi connectivity index (χ1v) is 5.02. The molecule has 72 valence electrons. The van der Waals surface area contributed by atoms with Crippen LogP contribution in [0.5, 0.6) is 0 Å². The number of Topliss-reactive ketones (excluding diaryl/α,β-unsaturated/α-hetero) is 1. The number of rotatable bonds is 3. The van der Waals surface area contributed by atoms with Crippen LogP contribution in [0.1, 0.15) is 46.5 Å². The number of hydrogen-bond donors (Lipinski definition) is 0. The molecular weight excluding hydrogens is 160 g/mol. The second-order valence-electron chi connectivity index (χ2n) is 4.38. The fourth-order valence-corrected chi connectivity index (χ4v) is 1.75. The average Bonchev–Trinajstić information content (AvgIpc) is 1.95. The summed E-state index contributed by atoms with van der Waals surface area (Å²) in [5.41, 5.74) is -0.137. The van der Waals surface area contributed by atoms with Crippen molar-refractivity contribution in [1.29, 1.82) is 0 Å². The first-order valence-electron chi connectivity index (χ1n) is 5.02. The van der Waals surface area contributed by atoms with Gasteiger partial charge in [-0.15, -0.1) is 5.92 Å². The predicted octanol–water partition coefficient (Wildman–Crippen LogP) is 2.80. The fraction of sp³-hybridized carbons (Fsp3) is 0.750. The van der Waals surface area contributed by atoms with Crippen molar-refractivity contribution in [3.05, 3.63) is 0 Å². The summed E-state index contributed by atoms with van der Waals surface area (Å²) in [6.45, 7) is 5.91. The van der Waals surface area contributed by atoms with Crippen LogP contribution in [0.3, 0.4) is 0 Å². The summed E-state index contributed by atoms with van der Waals surface area (Å²) < 4.78 is 0. The molecule has 1 heteroatoms. The third kappa shape index (κ3) is 2.12. The van der Waals surface area contributed by atoms with Gasteiger partial charge in [0, 0.05) is 5.41 Å². The Hall–Kier alpha value is -0.770. The first kappa shape index (κ1) is 10.3. The van der Waals surface area contributed by atoms with E-state index in [2.05, 4.69) is 25.7 Å². The summed E-state index contributed by atoms with van der Waals surface area (Å²) in [6.07, 6.45) is 4.16. The second kappa shape index (κ2) is 3.96. The molecule has 0 aliphatic heterocycles. The molecule has 1 aliphatic carbocycles. The van der Waals surface area contributed by atoms with Crippen LogP contribution in [0.2, 0.25) is 0 Å². The maximum Gasteiger partial charge on any atom is 0.150 e. The monoisotopic (exact) mass is 178 g/mol. The molecule has 1 rings (SSSR count). The van der Waals surface area contributed by atoms with Crippen LogP contribution in [0.4, 0.5) is 0 Å². The van der Waals surface area contributed by atoms with Crippen LogP contribution in [-0.2, 0) is 4.79 Å². The van der Waals surface area contributed by atoms with E-state index < -0.39 is 0 Å². The van der Waals surface area contributed by atoms with Crippen LogP contribution < -0.4 is 0 Å². The van der Waals surface area contributed by atoms with Crippen molar-refractivity contribution >= 4 is 5.78 Å². The second-order valence-corrected chi connectivity index (χ2v) is 4.38. The molecule has 13 heavy (non-hydrogen) atoms. The van der Waals surface area contributed by atoms with E-state index in [4.69, 9.17) is 0 Å². The Morgan fingerprint density at radius 3 is 2.46 bits per heavy atom. The Labute approximate surface area is 80.9 Å². The van der Waals surface area contributed by atoms with Gasteiger partial charge >= 0.3 is 0 Å². The minimum Gasteiger partial charge on any atom is -0.298 e. The summed E-state index contributed by atoms with van der Waals surface area (Å²) in [6, 6.07) is 0. The lowest BCUT2D eigenvalue weighted by Crippen LogP contribution is -2.36. The van der Waals surface area contributed by atoms with Gasteiger partial charge in [-0.3, -0.25) is 4.79 Å². The average molecular weight is 178 g/mol. The zero-order chi connectivity index (χ0) is 9.90. The van der Waals surface area contributed by atoms with Crippen molar-refractivity contribution in [1.82, 2.24) is 0 Å². The van der Waals surface area contributed by atoms with Crippen LogP contribution in [0.15, 0.2) is 0 Å². The van der Waals surface area contributed by atoms with Crippen LogP contribution in [0.25, 0.3) is 0 Å². The van der Waals surface area contributed by atoms with Crippen molar-refractivity contribution in [2.24, 2.45) is 11.3 Å². The molecule has 0 spiro atoms. The molecule has 0 atom stereocenters. The van der Waals surface area contributed by atoms with E-state index in [9.17, 15) is 4.79 Å². The van der Waals surface area contributed by atoms with Gasteiger partial charge in [-0.25, -0.2) is 0 Å². The minimum absolute atomic E-state index is 0.137. The molecule has 0 aromatic heterocycles. The first-order chi connectivity index (χ1) is 6.09. The highest BCUT2D eigenvalue weighted by Crippen LogP contribution is 2.42. The molecule has 0 bridgehead atoms. The molecule has 1 fully saturated rings. The molecule has 0 heterocycles. The van der Waals surface area contributed by atoms with Gasteiger partial charge in [0.1, 0.15) is 0 Å². The minimum atomic E-state index is -0.137. The lowest BCUT2D eigenvalue weighted by Gasteiger charge is -2.38. The van der Waals surface area contributed by atoms with E-state index >= 15 is 0 Å². The maximum atomic E-state index is 11.8. The van der Waals surface area contributed by atoms with Gasteiger partial charge in [-0.05, 0) is 25.7 Å². The predicted molar refractivity (Wildman–Crippen MR) is 54.2 cm³/mol. The topological polar surface area (TPSA) is 17.1 Å². The van der Waals surface area contributed by atoms with Crippen LogP contribution >= 0.6 is 0 Å². The summed E-state index contributed by atoms with van der Waals surface area (Å²) in [4.78, 5) is 11.8. The molecule has 1 aliphatic rings. The van der Waals surface area contributed by atoms with Crippen LogP contribution in [0, 0.1) is 23.2 Å². The molecule has 1 saturated carbocycles. The highest BCUT2D eigenvalue weighted by Gasteiger charge is 2.38. The van der Waals surface area contributed by atoms with E-state index in [1.807, 2.05) is 0 Å². The molecule has 0 N–H and O–H groups in total. The van der Waals surface area contributed by atoms with E-state index in [1.165, 1.54) is 19.3 Å². The highest BCUT2D eigenvalue weighted by molar-refractivity contribution is 5.86. The van der Waals surface area contributed by atoms with Crippen molar-refractivity contribution in [2.45, 2.75) is 46.5 Å². The van der Waals surface area contributed by atoms with Gasteiger partial charge in [-0.2, -0.15) is 0 Å². The lowest BCUT2D eigenvalue weighted by atomic mass is 9.65. The molecule has 0 unspecified atom stereocenters. The third-order valence-corrected chi connectivity index (χ3v) is 3.27. The molecule has 1 nitrogen and oxygen atoms in total. The van der Waals surface area contributed by atoms with Crippen molar-refractivity contribution in [3.63, 3.8) is 0 Å². The van der Waals surface area contributed by atoms with Gasteiger partial charge < -0.3 is 0 Å². The number of carbonyl (C=O) groups is 1. The Kier molecular flexibility index (Phi) is 3.14. The van der Waals surface area contributed by atoms with E-state index in [0.29, 0.717) is 18.1 Å². The molecule has 0 amide bonds. The molecular formula is C12H18O. The number of hydrogen-bond acceptors (Lipinski definition) is 1. The largest absolute Gasteiger partial charge is 0.298 e. The molecule has 0 saturated heterocycles.